The van der Waals surface area contributed by atoms with Gasteiger partial charge in [-0.05, 0) is 17.4 Å². The van der Waals surface area contributed by atoms with Gasteiger partial charge in [0.05, 0.1) is 5.92 Å². The minimum Gasteiger partial charge on any atom is -0.481 e. The van der Waals surface area contributed by atoms with Crippen LogP contribution in [0.5, 0.6) is 0 Å². The van der Waals surface area contributed by atoms with E-state index in [0.717, 1.165) is 5.56 Å². The molecule has 0 bridgehead atoms. The van der Waals surface area contributed by atoms with Gasteiger partial charge in [0, 0.05) is 0 Å². The van der Waals surface area contributed by atoms with Gasteiger partial charge in [0.15, 0.2) is 0 Å². The molecule has 0 amide bonds. The first kappa shape index (κ1) is 11.8. The Balaban J connectivity index is 2.82. The molecule has 0 saturated heterocycles. The molecule has 0 heterocycles. The van der Waals surface area contributed by atoms with Crippen molar-refractivity contribution in [1.29, 1.82) is 0 Å². The molecule has 0 aromatic heterocycles. The Morgan fingerprint density at radius 2 is 1.80 bits per heavy atom. The van der Waals surface area contributed by atoms with Crippen LogP contribution in [-0.4, -0.2) is 11.1 Å². The van der Waals surface area contributed by atoms with Crippen LogP contribution in [0.3, 0.4) is 0 Å². The maximum absolute atomic E-state index is 11.2. The van der Waals surface area contributed by atoms with Crippen LogP contribution in [0.2, 0.25) is 0 Å². The van der Waals surface area contributed by atoms with E-state index in [4.69, 9.17) is 0 Å². The lowest BCUT2D eigenvalue weighted by Gasteiger charge is -2.27. The summed E-state index contributed by atoms with van der Waals surface area (Å²) < 4.78 is 0. The number of carbonyl (C=O) groups is 1. The van der Waals surface area contributed by atoms with E-state index in [0.29, 0.717) is 6.42 Å². The van der Waals surface area contributed by atoms with Crippen LogP contribution < -0.4 is 0 Å². The van der Waals surface area contributed by atoms with E-state index in [-0.39, 0.29) is 11.3 Å². The van der Waals surface area contributed by atoms with Crippen molar-refractivity contribution in [3.8, 4) is 0 Å². The smallest absolute Gasteiger partial charge is 0.307 e. The van der Waals surface area contributed by atoms with Crippen molar-refractivity contribution >= 4 is 5.97 Å². The zero-order valence-corrected chi connectivity index (χ0v) is 9.53. The topological polar surface area (TPSA) is 37.3 Å². The molecule has 2 nitrogen and oxygen atoms in total. The fraction of sp³-hybridized carbons (Fsp3) is 0.462. The Morgan fingerprint density at radius 1 is 1.27 bits per heavy atom. The first-order valence-electron chi connectivity index (χ1n) is 5.18. The third-order valence-electron chi connectivity index (χ3n) is 2.63. The van der Waals surface area contributed by atoms with Gasteiger partial charge in [-0.15, -0.1) is 0 Å². The van der Waals surface area contributed by atoms with Gasteiger partial charge in [0.1, 0.15) is 0 Å². The van der Waals surface area contributed by atoms with Gasteiger partial charge in [0.25, 0.3) is 0 Å². The Bertz CT molecular complexity index is 322. The zero-order chi connectivity index (χ0) is 11.5. The SMILES string of the molecule is CC(C)(C)[C@@H](Cc1ccccc1)C(=O)O. The van der Waals surface area contributed by atoms with E-state index < -0.39 is 5.97 Å². The summed E-state index contributed by atoms with van der Waals surface area (Å²) in [7, 11) is 0. The van der Waals surface area contributed by atoms with Crippen molar-refractivity contribution in [3.05, 3.63) is 35.9 Å². The fourth-order valence-corrected chi connectivity index (χ4v) is 1.61. The van der Waals surface area contributed by atoms with Gasteiger partial charge in [-0.2, -0.15) is 0 Å². The average molecular weight is 206 g/mol. The van der Waals surface area contributed by atoms with E-state index in [1.807, 2.05) is 51.1 Å². The summed E-state index contributed by atoms with van der Waals surface area (Å²) in [5.74, 6) is -1.05. The number of carboxylic acid groups (broad SMARTS) is 1. The number of rotatable bonds is 3. The molecule has 82 valence electrons. The monoisotopic (exact) mass is 206 g/mol. The molecule has 1 atom stereocenters. The van der Waals surface area contributed by atoms with E-state index in [1.54, 1.807) is 0 Å². The molecule has 0 aliphatic heterocycles. The van der Waals surface area contributed by atoms with Gasteiger partial charge < -0.3 is 5.11 Å². The molecule has 0 saturated carbocycles. The quantitative estimate of drug-likeness (QED) is 0.825. The molecule has 1 rings (SSSR count). The number of carboxylic acids is 1. The predicted octanol–water partition coefficient (Wildman–Crippen LogP) is 2.98. The standard InChI is InChI=1S/C13H18O2/c1-13(2,3)11(12(14)15)9-10-7-5-4-6-8-10/h4-8,11H,9H2,1-3H3,(H,14,15)/t11-/m0/s1. The van der Waals surface area contributed by atoms with Gasteiger partial charge >= 0.3 is 5.97 Å². The van der Waals surface area contributed by atoms with Gasteiger partial charge in [-0.25, -0.2) is 0 Å². The highest BCUT2D eigenvalue weighted by atomic mass is 16.4. The molecule has 1 aromatic rings. The van der Waals surface area contributed by atoms with E-state index >= 15 is 0 Å². The lowest BCUT2D eigenvalue weighted by Crippen LogP contribution is -2.30. The predicted molar refractivity (Wildman–Crippen MR) is 60.7 cm³/mol. The zero-order valence-electron chi connectivity index (χ0n) is 9.53. The molecule has 0 radical (unpaired) electrons. The molecule has 0 spiro atoms. The normalized spacial score (nSPS) is 13.5. The Morgan fingerprint density at radius 3 is 2.20 bits per heavy atom. The second kappa shape index (κ2) is 4.47. The largest absolute Gasteiger partial charge is 0.481 e. The third kappa shape index (κ3) is 3.39. The summed E-state index contributed by atoms with van der Waals surface area (Å²) in [4.78, 5) is 11.2. The van der Waals surface area contributed by atoms with Crippen LogP contribution >= 0.6 is 0 Å². The Labute approximate surface area is 90.9 Å². The lowest BCUT2D eigenvalue weighted by atomic mass is 9.77. The van der Waals surface area contributed by atoms with Crippen LogP contribution in [0.4, 0.5) is 0 Å². The van der Waals surface area contributed by atoms with Crippen molar-refractivity contribution in [3.63, 3.8) is 0 Å². The summed E-state index contributed by atoms with van der Waals surface area (Å²) in [6.07, 6.45) is 0.597. The molecular weight excluding hydrogens is 188 g/mol. The summed E-state index contributed by atoms with van der Waals surface area (Å²) in [6.45, 7) is 5.90. The second-order valence-electron chi connectivity index (χ2n) is 4.95. The van der Waals surface area contributed by atoms with Gasteiger partial charge in [-0.3, -0.25) is 4.79 Å². The molecule has 0 unspecified atom stereocenters. The third-order valence-corrected chi connectivity index (χ3v) is 2.63. The number of hydrogen-bond acceptors (Lipinski definition) is 1. The molecule has 1 N–H and O–H groups in total. The van der Waals surface area contributed by atoms with Crippen LogP contribution in [0.1, 0.15) is 26.3 Å². The van der Waals surface area contributed by atoms with Crippen molar-refractivity contribution < 1.29 is 9.90 Å². The highest BCUT2D eigenvalue weighted by Crippen LogP contribution is 2.29. The molecule has 0 aliphatic carbocycles. The first-order valence-corrected chi connectivity index (χ1v) is 5.18. The average Bonchev–Trinajstić information content (AvgIpc) is 2.13. The minimum atomic E-state index is -0.716. The van der Waals surface area contributed by atoms with E-state index in [1.165, 1.54) is 0 Å². The lowest BCUT2D eigenvalue weighted by molar-refractivity contribution is -0.145. The van der Waals surface area contributed by atoms with Crippen LogP contribution in [0.25, 0.3) is 0 Å². The number of hydrogen-bond donors (Lipinski definition) is 1. The summed E-state index contributed by atoms with van der Waals surface area (Å²) in [6, 6.07) is 9.77. The first-order chi connectivity index (χ1) is 6.91. The summed E-state index contributed by atoms with van der Waals surface area (Å²) in [5.41, 5.74) is 0.876. The molecular formula is C13H18O2. The van der Waals surface area contributed by atoms with Crippen molar-refractivity contribution in [1.82, 2.24) is 0 Å². The molecule has 0 fully saturated rings. The minimum absolute atomic E-state index is 0.207. The fourth-order valence-electron chi connectivity index (χ4n) is 1.61. The van der Waals surface area contributed by atoms with E-state index in [2.05, 4.69) is 0 Å². The summed E-state index contributed by atoms with van der Waals surface area (Å²) in [5, 5.41) is 9.17. The molecule has 2 heteroatoms. The van der Waals surface area contributed by atoms with Crippen LogP contribution in [0, 0.1) is 11.3 Å². The highest BCUT2D eigenvalue weighted by Gasteiger charge is 2.30. The summed E-state index contributed by atoms with van der Waals surface area (Å²) >= 11 is 0. The van der Waals surface area contributed by atoms with Crippen molar-refractivity contribution in [2.45, 2.75) is 27.2 Å². The van der Waals surface area contributed by atoms with Gasteiger partial charge in [0.2, 0.25) is 0 Å². The van der Waals surface area contributed by atoms with E-state index in [9.17, 15) is 9.90 Å². The van der Waals surface area contributed by atoms with Crippen molar-refractivity contribution in [2.75, 3.05) is 0 Å². The Kier molecular flexibility index (Phi) is 3.51. The molecule has 1 aromatic carbocycles. The highest BCUT2D eigenvalue weighted by molar-refractivity contribution is 5.71. The molecule has 15 heavy (non-hydrogen) atoms. The number of benzene rings is 1. The number of aliphatic carboxylic acids is 1. The van der Waals surface area contributed by atoms with Crippen LogP contribution in [-0.2, 0) is 11.2 Å². The Hall–Kier alpha value is -1.31. The maximum atomic E-state index is 11.2. The van der Waals surface area contributed by atoms with Crippen LogP contribution in [0.15, 0.2) is 30.3 Å². The molecule has 0 aliphatic rings. The van der Waals surface area contributed by atoms with Gasteiger partial charge in [-0.1, -0.05) is 51.1 Å². The maximum Gasteiger partial charge on any atom is 0.307 e. The van der Waals surface area contributed by atoms with Crippen molar-refractivity contribution in [2.24, 2.45) is 11.3 Å². The second-order valence-corrected chi connectivity index (χ2v) is 4.95.